The number of morpholine rings is 1. The van der Waals surface area contributed by atoms with Gasteiger partial charge in [-0.1, -0.05) is 76.6 Å². The average Bonchev–Trinajstić information content (AvgIpc) is 3.12. The zero-order valence-electron chi connectivity index (χ0n) is 26.7. The van der Waals surface area contributed by atoms with Gasteiger partial charge in [-0.3, -0.25) is 4.90 Å². The monoisotopic (exact) mass is 705 g/mol. The van der Waals surface area contributed by atoms with Gasteiger partial charge < -0.3 is 23.7 Å². The Balaban J connectivity index is 0.000000218. The number of ether oxygens (including phenoxy) is 5. The fourth-order valence-electron chi connectivity index (χ4n) is 4.58. The highest BCUT2D eigenvalue weighted by atomic mass is 79.9. The van der Waals surface area contributed by atoms with Gasteiger partial charge in [-0.15, -0.1) is 0 Å². The number of nitrogens with zero attached hydrogens (tertiary/aromatic N) is 3. The fourth-order valence-corrected chi connectivity index (χ4v) is 4.75. The van der Waals surface area contributed by atoms with Crippen LogP contribution < -0.4 is 9.47 Å². The van der Waals surface area contributed by atoms with Crippen molar-refractivity contribution in [3.05, 3.63) is 96.3 Å². The summed E-state index contributed by atoms with van der Waals surface area (Å²) in [6.45, 7) is 9.41. The third-order valence-electron chi connectivity index (χ3n) is 6.83. The first kappa shape index (κ1) is 35.5. The summed E-state index contributed by atoms with van der Waals surface area (Å²) in [5.74, 6) is 0.337. The van der Waals surface area contributed by atoms with Crippen LogP contribution in [0.15, 0.2) is 84.9 Å². The molecule has 1 fully saturated rings. The third-order valence-corrected chi connectivity index (χ3v) is 7.16. The summed E-state index contributed by atoms with van der Waals surface area (Å²) in [6.07, 6.45) is 0. The lowest BCUT2D eigenvalue weighted by molar-refractivity contribution is 0.0322. The van der Waals surface area contributed by atoms with Crippen molar-refractivity contribution >= 4 is 27.9 Å². The number of esters is 2. The SMILES string of the molecule is CCOC(=O)c1cc(OCCBr)cc(-c2ccccc2)n1.CCOC(=O)c1cc(OCCN2CCOCC2)cc(-c2ccccc2)n1. The van der Waals surface area contributed by atoms with E-state index in [1.165, 1.54) is 0 Å². The van der Waals surface area contributed by atoms with E-state index in [4.69, 9.17) is 23.7 Å². The van der Waals surface area contributed by atoms with E-state index in [0.29, 0.717) is 54.6 Å². The number of carbonyl (C=O) groups excluding carboxylic acids is 2. The topological polar surface area (TPSA) is 109 Å². The van der Waals surface area contributed by atoms with Crippen molar-refractivity contribution in [1.82, 2.24) is 14.9 Å². The zero-order chi connectivity index (χ0) is 33.3. The molecule has 10 nitrogen and oxygen atoms in total. The van der Waals surface area contributed by atoms with Crippen molar-refractivity contribution < 1.29 is 33.3 Å². The number of pyridine rings is 2. The van der Waals surface area contributed by atoms with Crippen LogP contribution in [0, 0.1) is 0 Å². The molecule has 1 aliphatic rings. The lowest BCUT2D eigenvalue weighted by Gasteiger charge is -2.26. The lowest BCUT2D eigenvalue weighted by Crippen LogP contribution is -2.38. The Hall–Kier alpha value is -4.32. The fraction of sp³-hybridized carbons (Fsp3) is 0.333. The molecule has 11 heteroatoms. The van der Waals surface area contributed by atoms with Gasteiger partial charge in [0.15, 0.2) is 11.4 Å². The van der Waals surface area contributed by atoms with Crippen molar-refractivity contribution in [3.8, 4) is 34.0 Å². The average molecular weight is 707 g/mol. The first-order valence-electron chi connectivity index (χ1n) is 15.6. The highest BCUT2D eigenvalue weighted by molar-refractivity contribution is 9.09. The van der Waals surface area contributed by atoms with Gasteiger partial charge in [-0.25, -0.2) is 19.6 Å². The van der Waals surface area contributed by atoms with E-state index in [1.807, 2.05) is 72.8 Å². The smallest absolute Gasteiger partial charge is 0.357 e. The second kappa shape index (κ2) is 19.4. The summed E-state index contributed by atoms with van der Waals surface area (Å²) in [6, 6.07) is 26.3. The van der Waals surface area contributed by atoms with Gasteiger partial charge >= 0.3 is 11.9 Å². The maximum atomic E-state index is 12.1. The molecular weight excluding hydrogens is 666 g/mol. The Morgan fingerprint density at radius 1 is 0.723 bits per heavy atom. The number of hydrogen-bond donors (Lipinski definition) is 0. The molecule has 1 saturated heterocycles. The van der Waals surface area contributed by atoms with Gasteiger partial charge in [-0.2, -0.15) is 0 Å². The third kappa shape index (κ3) is 11.5. The quantitative estimate of drug-likeness (QED) is 0.116. The molecular formula is C36H40BrN3O7. The Kier molecular flexibility index (Phi) is 14.6. The standard InChI is InChI=1S/C20H24N2O4.C16H16BrNO3/c1-2-25-20(23)19-15-17(26-13-10-22-8-11-24-12-9-22)14-18(21-19)16-6-4-3-5-7-16;1-2-20-16(19)15-11-13(21-9-8-17)10-14(18-15)12-6-4-3-5-7-12/h3-7,14-15H,2,8-13H2,1H3;3-7,10-11H,2,8-9H2,1H3. The Morgan fingerprint density at radius 3 is 1.64 bits per heavy atom. The minimum atomic E-state index is -0.445. The van der Waals surface area contributed by atoms with Gasteiger partial charge in [0.05, 0.1) is 44.4 Å². The molecule has 47 heavy (non-hydrogen) atoms. The van der Waals surface area contributed by atoms with Gasteiger partial charge in [0.1, 0.15) is 18.1 Å². The maximum absolute atomic E-state index is 12.1. The van der Waals surface area contributed by atoms with E-state index in [1.54, 1.807) is 26.0 Å². The van der Waals surface area contributed by atoms with E-state index in [9.17, 15) is 9.59 Å². The maximum Gasteiger partial charge on any atom is 0.357 e. The molecule has 2 aromatic heterocycles. The predicted molar refractivity (Wildman–Crippen MR) is 183 cm³/mol. The highest BCUT2D eigenvalue weighted by Crippen LogP contribution is 2.25. The van der Waals surface area contributed by atoms with Crippen LogP contribution in [0.2, 0.25) is 0 Å². The zero-order valence-corrected chi connectivity index (χ0v) is 28.3. The highest BCUT2D eigenvalue weighted by Gasteiger charge is 2.15. The van der Waals surface area contributed by atoms with Crippen LogP contribution in [-0.2, 0) is 14.2 Å². The van der Waals surface area contributed by atoms with E-state index in [-0.39, 0.29) is 11.4 Å². The van der Waals surface area contributed by atoms with Crippen LogP contribution in [0.3, 0.4) is 0 Å². The summed E-state index contributed by atoms with van der Waals surface area (Å²) in [5, 5.41) is 0.713. The Morgan fingerprint density at radius 2 is 1.19 bits per heavy atom. The second-order valence-electron chi connectivity index (χ2n) is 10.2. The van der Waals surface area contributed by atoms with E-state index >= 15 is 0 Å². The molecule has 248 valence electrons. The van der Waals surface area contributed by atoms with Gasteiger partial charge in [-0.05, 0) is 13.8 Å². The van der Waals surface area contributed by atoms with Crippen LogP contribution >= 0.6 is 15.9 Å². The Bertz CT molecular complexity index is 1550. The molecule has 0 atom stereocenters. The molecule has 0 spiro atoms. The summed E-state index contributed by atoms with van der Waals surface area (Å²) < 4.78 is 27.0. The first-order chi connectivity index (χ1) is 23.0. The van der Waals surface area contributed by atoms with E-state index in [2.05, 4.69) is 30.8 Å². The number of alkyl halides is 1. The molecule has 0 N–H and O–H groups in total. The van der Waals surface area contributed by atoms with E-state index in [0.717, 1.165) is 44.0 Å². The van der Waals surface area contributed by atoms with Crippen LogP contribution in [0.1, 0.15) is 34.8 Å². The molecule has 1 aliphatic heterocycles. The number of aromatic nitrogens is 2. The molecule has 4 aromatic rings. The molecule has 0 amide bonds. The van der Waals surface area contributed by atoms with Gasteiger partial charge in [0.25, 0.3) is 0 Å². The number of halogens is 1. The lowest BCUT2D eigenvalue weighted by atomic mass is 10.1. The van der Waals surface area contributed by atoms with Crippen LogP contribution in [-0.4, -0.2) is 91.4 Å². The van der Waals surface area contributed by atoms with Crippen molar-refractivity contribution in [2.75, 3.05) is 64.6 Å². The molecule has 0 bridgehead atoms. The molecule has 0 radical (unpaired) electrons. The van der Waals surface area contributed by atoms with E-state index < -0.39 is 11.9 Å². The first-order valence-corrected chi connectivity index (χ1v) is 16.7. The normalized spacial score (nSPS) is 12.7. The summed E-state index contributed by atoms with van der Waals surface area (Å²) in [4.78, 5) is 35.1. The minimum Gasteiger partial charge on any atom is -0.493 e. The number of rotatable bonds is 13. The van der Waals surface area contributed by atoms with Crippen molar-refractivity contribution in [1.29, 1.82) is 0 Å². The predicted octanol–water partition coefficient (Wildman–Crippen LogP) is 6.34. The van der Waals surface area contributed by atoms with Crippen LogP contribution in [0.4, 0.5) is 0 Å². The number of carbonyl (C=O) groups is 2. The minimum absolute atomic E-state index is 0.253. The molecule has 2 aromatic carbocycles. The molecule has 0 saturated carbocycles. The molecule has 0 aliphatic carbocycles. The van der Waals surface area contributed by atoms with Gasteiger partial charge in [0.2, 0.25) is 0 Å². The Labute approximate surface area is 284 Å². The van der Waals surface area contributed by atoms with Crippen molar-refractivity contribution in [2.45, 2.75) is 13.8 Å². The van der Waals surface area contributed by atoms with Gasteiger partial charge in [0, 0.05) is 60.4 Å². The summed E-state index contributed by atoms with van der Waals surface area (Å²) in [7, 11) is 0. The van der Waals surface area contributed by atoms with Crippen molar-refractivity contribution in [2.24, 2.45) is 0 Å². The molecule has 5 rings (SSSR count). The summed E-state index contributed by atoms with van der Waals surface area (Å²) in [5.41, 5.74) is 3.74. The second-order valence-corrected chi connectivity index (χ2v) is 11.0. The van der Waals surface area contributed by atoms with Crippen LogP contribution in [0.25, 0.3) is 22.5 Å². The van der Waals surface area contributed by atoms with Crippen LogP contribution in [0.5, 0.6) is 11.5 Å². The molecule has 0 unspecified atom stereocenters. The number of benzene rings is 2. The molecule has 3 heterocycles. The number of hydrogen-bond acceptors (Lipinski definition) is 10. The largest absolute Gasteiger partial charge is 0.493 e. The van der Waals surface area contributed by atoms with Crippen molar-refractivity contribution in [3.63, 3.8) is 0 Å². The summed E-state index contributed by atoms with van der Waals surface area (Å²) >= 11 is 3.31.